The van der Waals surface area contributed by atoms with Crippen molar-refractivity contribution in [3.05, 3.63) is 63.4 Å². The first-order valence-electron chi connectivity index (χ1n) is 7.83. The molecule has 2 aromatic rings. The first-order valence-corrected chi connectivity index (χ1v) is 7.83. The number of nitrogens with one attached hydrogen (secondary N) is 1. The lowest BCUT2D eigenvalue weighted by Crippen LogP contribution is -2.34. The number of amides is 1. The van der Waals surface area contributed by atoms with Crippen LogP contribution in [0.3, 0.4) is 0 Å². The highest BCUT2D eigenvalue weighted by molar-refractivity contribution is 5.89. The zero-order valence-electron chi connectivity index (χ0n) is 13.3. The largest absolute Gasteiger partial charge is 0.450 e. The van der Waals surface area contributed by atoms with Crippen LogP contribution in [-0.2, 0) is 16.0 Å². The number of carbonyl (C=O) groups is 2. The number of aryl methyl sites for hydroxylation is 1. The van der Waals surface area contributed by atoms with Crippen molar-refractivity contribution in [2.24, 2.45) is 0 Å². The molecule has 0 saturated carbocycles. The minimum atomic E-state index is -0.924. The van der Waals surface area contributed by atoms with E-state index in [1.807, 2.05) is 24.3 Å². The van der Waals surface area contributed by atoms with Crippen LogP contribution in [0.5, 0.6) is 0 Å². The van der Waals surface area contributed by atoms with Gasteiger partial charge in [0.2, 0.25) is 5.76 Å². The van der Waals surface area contributed by atoms with E-state index in [4.69, 9.17) is 9.15 Å². The highest BCUT2D eigenvalue weighted by Gasteiger charge is 2.23. The van der Waals surface area contributed by atoms with Gasteiger partial charge in [-0.25, -0.2) is 4.79 Å². The van der Waals surface area contributed by atoms with Crippen LogP contribution in [0.25, 0.3) is 0 Å². The summed E-state index contributed by atoms with van der Waals surface area (Å²) in [7, 11) is 0. The molecular weight excluding hydrogens is 328 g/mol. The van der Waals surface area contributed by atoms with Crippen LogP contribution in [0, 0.1) is 10.1 Å². The molecule has 8 nitrogen and oxygen atoms in total. The van der Waals surface area contributed by atoms with Gasteiger partial charge in [-0.1, -0.05) is 24.3 Å². The number of nitrogens with zero attached hydrogens (tertiary/aromatic N) is 1. The van der Waals surface area contributed by atoms with Crippen LogP contribution < -0.4 is 5.32 Å². The van der Waals surface area contributed by atoms with Crippen molar-refractivity contribution in [1.82, 2.24) is 5.32 Å². The second-order valence-corrected chi connectivity index (χ2v) is 5.68. The summed E-state index contributed by atoms with van der Waals surface area (Å²) < 4.78 is 9.58. The Morgan fingerprint density at radius 2 is 2.08 bits per heavy atom. The van der Waals surface area contributed by atoms with E-state index in [2.05, 4.69) is 5.32 Å². The molecule has 1 aliphatic carbocycles. The molecule has 0 spiro atoms. The third-order valence-corrected chi connectivity index (χ3v) is 4.01. The predicted octanol–water partition coefficient (Wildman–Crippen LogP) is 2.54. The van der Waals surface area contributed by atoms with E-state index in [1.165, 1.54) is 5.56 Å². The highest BCUT2D eigenvalue weighted by Crippen LogP contribution is 2.29. The van der Waals surface area contributed by atoms with Crippen LogP contribution in [0.4, 0.5) is 5.88 Å². The summed E-state index contributed by atoms with van der Waals surface area (Å²) in [5.41, 5.74) is 2.29. The minimum Gasteiger partial charge on any atom is -0.450 e. The number of rotatable bonds is 5. The second-order valence-electron chi connectivity index (χ2n) is 5.68. The molecule has 1 aliphatic rings. The summed E-state index contributed by atoms with van der Waals surface area (Å²) in [6.45, 7) is -0.480. The van der Waals surface area contributed by atoms with Crippen molar-refractivity contribution in [2.75, 3.05) is 6.61 Å². The molecule has 1 heterocycles. The number of fused-ring (bicyclic) bond motifs is 1. The third-order valence-electron chi connectivity index (χ3n) is 4.01. The zero-order valence-corrected chi connectivity index (χ0v) is 13.3. The number of hydrogen-bond donors (Lipinski definition) is 1. The molecule has 0 bridgehead atoms. The Kier molecular flexibility index (Phi) is 4.78. The molecule has 0 fully saturated rings. The Morgan fingerprint density at radius 3 is 2.84 bits per heavy atom. The average Bonchev–Trinajstić information content (AvgIpc) is 3.10. The molecule has 130 valence electrons. The molecule has 1 N–H and O–H groups in total. The van der Waals surface area contributed by atoms with Gasteiger partial charge in [-0.15, -0.1) is 0 Å². The van der Waals surface area contributed by atoms with E-state index in [-0.39, 0.29) is 11.8 Å². The zero-order chi connectivity index (χ0) is 17.8. The maximum Gasteiger partial charge on any atom is 0.433 e. The van der Waals surface area contributed by atoms with E-state index in [1.54, 1.807) is 0 Å². The number of benzene rings is 1. The molecule has 0 aliphatic heterocycles. The van der Waals surface area contributed by atoms with Crippen LogP contribution in [0.2, 0.25) is 0 Å². The van der Waals surface area contributed by atoms with E-state index in [0.29, 0.717) is 0 Å². The van der Waals surface area contributed by atoms with E-state index in [0.717, 1.165) is 37.0 Å². The number of carbonyl (C=O) groups excluding carboxylic acids is 2. The van der Waals surface area contributed by atoms with Crippen LogP contribution in [0.15, 0.2) is 40.8 Å². The minimum absolute atomic E-state index is 0.110. The molecule has 1 atom stereocenters. The predicted molar refractivity (Wildman–Crippen MR) is 85.9 cm³/mol. The summed E-state index contributed by atoms with van der Waals surface area (Å²) in [5.74, 6) is -2.24. The van der Waals surface area contributed by atoms with Crippen molar-refractivity contribution in [2.45, 2.75) is 25.3 Å². The smallest absolute Gasteiger partial charge is 0.433 e. The Morgan fingerprint density at radius 1 is 1.28 bits per heavy atom. The standard InChI is InChI=1S/C17H16N2O6/c20-15(10-24-17(21)14-8-9-16(25-14)19(22)23)18-13-7-3-5-11-4-1-2-6-12(11)13/h1-2,4,6,8-9,13H,3,5,7,10H2,(H,18,20)/t13-/m1/s1. The lowest BCUT2D eigenvalue weighted by molar-refractivity contribution is -0.402. The summed E-state index contributed by atoms with van der Waals surface area (Å²) in [6, 6.07) is 9.98. The molecular formula is C17H16N2O6. The van der Waals surface area contributed by atoms with Crippen LogP contribution in [-0.4, -0.2) is 23.4 Å². The lowest BCUT2D eigenvalue weighted by Gasteiger charge is -2.26. The van der Waals surface area contributed by atoms with E-state index >= 15 is 0 Å². The molecule has 1 amide bonds. The van der Waals surface area contributed by atoms with Gasteiger partial charge in [0.15, 0.2) is 6.61 Å². The topological polar surface area (TPSA) is 112 Å². The first kappa shape index (κ1) is 16.7. The Hall–Kier alpha value is -3.16. The SMILES string of the molecule is O=C(COC(=O)c1ccc([N+](=O)[O-])o1)N[C@@H]1CCCc2ccccc21. The van der Waals surface area contributed by atoms with Gasteiger partial charge in [0.1, 0.15) is 4.92 Å². The Labute approximate surface area is 142 Å². The lowest BCUT2D eigenvalue weighted by atomic mass is 9.88. The van der Waals surface area contributed by atoms with Crippen molar-refractivity contribution >= 4 is 17.8 Å². The van der Waals surface area contributed by atoms with Gasteiger partial charge in [-0.2, -0.15) is 0 Å². The number of furan rings is 1. The second kappa shape index (κ2) is 7.16. The molecule has 0 saturated heterocycles. The summed E-state index contributed by atoms with van der Waals surface area (Å²) in [6.07, 6.45) is 2.77. The molecule has 0 unspecified atom stereocenters. The van der Waals surface area contributed by atoms with E-state index < -0.39 is 29.3 Å². The van der Waals surface area contributed by atoms with Crippen molar-refractivity contribution in [1.29, 1.82) is 0 Å². The van der Waals surface area contributed by atoms with Gasteiger partial charge in [-0.05, 0) is 36.5 Å². The van der Waals surface area contributed by atoms with Crippen molar-refractivity contribution in [3.63, 3.8) is 0 Å². The molecule has 1 aromatic carbocycles. The fourth-order valence-corrected chi connectivity index (χ4v) is 2.88. The van der Waals surface area contributed by atoms with Gasteiger partial charge in [-0.3, -0.25) is 14.9 Å². The highest BCUT2D eigenvalue weighted by atomic mass is 16.7. The fraction of sp³-hybridized carbons (Fsp3) is 0.294. The fourth-order valence-electron chi connectivity index (χ4n) is 2.88. The average molecular weight is 344 g/mol. The van der Waals surface area contributed by atoms with Gasteiger partial charge in [0.05, 0.1) is 12.1 Å². The summed E-state index contributed by atoms with van der Waals surface area (Å²) in [5, 5.41) is 13.4. The maximum atomic E-state index is 12.0. The van der Waals surface area contributed by atoms with Gasteiger partial charge in [0.25, 0.3) is 5.91 Å². The maximum absolute atomic E-state index is 12.0. The molecule has 0 radical (unpaired) electrons. The van der Waals surface area contributed by atoms with Crippen molar-refractivity contribution < 1.29 is 23.7 Å². The van der Waals surface area contributed by atoms with E-state index in [9.17, 15) is 19.7 Å². The molecule has 1 aromatic heterocycles. The number of hydrogen-bond acceptors (Lipinski definition) is 6. The van der Waals surface area contributed by atoms with Gasteiger partial charge >= 0.3 is 11.9 Å². The van der Waals surface area contributed by atoms with Gasteiger partial charge in [0, 0.05) is 0 Å². The normalized spacial score (nSPS) is 15.9. The number of nitro groups is 1. The monoisotopic (exact) mass is 344 g/mol. The Balaban J connectivity index is 1.55. The third kappa shape index (κ3) is 3.85. The number of esters is 1. The summed E-state index contributed by atoms with van der Waals surface area (Å²) >= 11 is 0. The molecule has 25 heavy (non-hydrogen) atoms. The number of ether oxygens (including phenoxy) is 1. The summed E-state index contributed by atoms with van der Waals surface area (Å²) in [4.78, 5) is 33.6. The van der Waals surface area contributed by atoms with Crippen molar-refractivity contribution in [3.8, 4) is 0 Å². The molecule has 8 heteroatoms. The molecule has 3 rings (SSSR count). The van der Waals surface area contributed by atoms with Gasteiger partial charge < -0.3 is 14.5 Å². The van der Waals surface area contributed by atoms with Crippen LogP contribution in [0.1, 0.15) is 40.6 Å². The quantitative estimate of drug-likeness (QED) is 0.507. The van der Waals surface area contributed by atoms with Crippen LogP contribution >= 0.6 is 0 Å². The Bertz CT molecular complexity index is 813. The first-order chi connectivity index (χ1) is 12.0.